The van der Waals surface area contributed by atoms with Gasteiger partial charge in [0.1, 0.15) is 30.1 Å². The van der Waals surface area contributed by atoms with E-state index in [-0.39, 0.29) is 11.8 Å². The van der Waals surface area contributed by atoms with Gasteiger partial charge in [-0.3, -0.25) is 9.59 Å². The first-order valence-corrected chi connectivity index (χ1v) is 10.5. The van der Waals surface area contributed by atoms with Gasteiger partial charge >= 0.3 is 0 Å². The first kappa shape index (κ1) is 22.0. The fraction of sp³-hybridized carbons (Fsp3) is 0.286. The Balaban J connectivity index is 1.66. The lowest BCUT2D eigenvalue weighted by Gasteiger charge is -2.21. The van der Waals surface area contributed by atoms with Crippen molar-refractivity contribution in [1.29, 1.82) is 0 Å². The number of nitrogens with zero attached hydrogens (tertiary/aromatic N) is 2. The second-order valence-corrected chi connectivity index (χ2v) is 8.04. The number of ether oxygens (including phenoxy) is 2. The molecule has 0 radical (unpaired) electrons. The zero-order valence-electron chi connectivity index (χ0n) is 16.8. The third kappa shape index (κ3) is 5.46. The van der Waals surface area contributed by atoms with Crippen LogP contribution in [0.2, 0.25) is 5.02 Å². The van der Waals surface area contributed by atoms with Crippen LogP contribution in [0.1, 0.15) is 30.3 Å². The van der Waals surface area contributed by atoms with E-state index in [2.05, 4.69) is 10.4 Å². The van der Waals surface area contributed by atoms with E-state index >= 15 is 0 Å². The smallest absolute Gasteiger partial charge is 0.241 e. The van der Waals surface area contributed by atoms with Crippen LogP contribution in [0.3, 0.4) is 0 Å². The van der Waals surface area contributed by atoms with Crippen molar-refractivity contribution < 1.29 is 19.1 Å². The molecule has 1 atom stereocenters. The Labute approximate surface area is 184 Å². The van der Waals surface area contributed by atoms with Crippen LogP contribution in [0.15, 0.2) is 47.6 Å². The Bertz CT molecular complexity index is 982. The summed E-state index contributed by atoms with van der Waals surface area (Å²) >= 11 is 7.31. The number of carbonyl (C=O) groups excluding carboxylic acids is 2. The minimum absolute atomic E-state index is 0.232. The van der Waals surface area contributed by atoms with Crippen LogP contribution in [-0.4, -0.2) is 35.2 Å². The predicted octanol–water partition coefficient (Wildman–Crippen LogP) is 4.11. The van der Waals surface area contributed by atoms with E-state index in [4.69, 9.17) is 21.1 Å². The molecule has 3 rings (SSSR count). The van der Waals surface area contributed by atoms with Crippen LogP contribution in [-0.2, 0) is 9.59 Å². The number of benzene rings is 2. The van der Waals surface area contributed by atoms with Crippen LogP contribution in [0.4, 0.5) is 0 Å². The van der Waals surface area contributed by atoms with Crippen molar-refractivity contribution in [3.63, 3.8) is 0 Å². The number of hydrogen-bond acceptors (Lipinski definition) is 6. The number of amides is 2. The summed E-state index contributed by atoms with van der Waals surface area (Å²) in [6.07, 6.45) is 0. The zero-order chi connectivity index (χ0) is 21.7. The number of hydrogen-bond donors (Lipinski definition) is 1. The van der Waals surface area contributed by atoms with Crippen LogP contribution in [0, 0.1) is 6.92 Å². The number of thioether (sulfide) groups is 1. The number of hydrazone groups is 1. The Morgan fingerprint density at radius 2 is 1.90 bits per heavy atom. The van der Waals surface area contributed by atoms with Crippen molar-refractivity contribution in [3.8, 4) is 11.5 Å². The average Bonchev–Trinajstić information content (AvgIpc) is 3.11. The van der Waals surface area contributed by atoms with Crippen molar-refractivity contribution >= 4 is 40.3 Å². The first-order chi connectivity index (χ1) is 14.3. The maximum Gasteiger partial charge on any atom is 0.241 e. The standard InChI is InChI=1S/C21H22ClN3O4S/c1-13-12-16(8-9-18(13)22)28-10-11-29-19-7-5-4-6-17(19)20-25(15(3)27)24-21(30-20)23-14(2)26/h4-9,12,20H,10-11H2,1-3H3,(H,23,24,26). The van der Waals surface area contributed by atoms with E-state index in [0.29, 0.717) is 29.2 Å². The molecular formula is C21H22ClN3O4S. The van der Waals surface area contributed by atoms with Crippen molar-refractivity contribution in [2.75, 3.05) is 13.2 Å². The van der Waals surface area contributed by atoms with Gasteiger partial charge in [0.15, 0.2) is 5.17 Å². The van der Waals surface area contributed by atoms with Crippen LogP contribution < -0.4 is 14.8 Å². The fourth-order valence-electron chi connectivity index (χ4n) is 2.80. The van der Waals surface area contributed by atoms with E-state index in [1.54, 1.807) is 6.07 Å². The number of para-hydroxylation sites is 1. The van der Waals surface area contributed by atoms with E-state index in [0.717, 1.165) is 16.9 Å². The largest absolute Gasteiger partial charge is 0.490 e. The van der Waals surface area contributed by atoms with Gasteiger partial charge in [0, 0.05) is 24.4 Å². The molecule has 1 aliphatic heterocycles. The third-order valence-electron chi connectivity index (χ3n) is 4.17. The molecule has 9 heteroatoms. The van der Waals surface area contributed by atoms with Crippen molar-refractivity contribution in [2.45, 2.75) is 26.1 Å². The number of amidine groups is 1. The molecule has 1 unspecified atom stereocenters. The topological polar surface area (TPSA) is 80.2 Å². The highest BCUT2D eigenvalue weighted by molar-refractivity contribution is 8.14. The molecule has 0 fully saturated rings. The van der Waals surface area contributed by atoms with Gasteiger partial charge in [0.2, 0.25) is 11.8 Å². The fourth-order valence-corrected chi connectivity index (χ4v) is 4.08. The molecule has 0 aliphatic carbocycles. The molecule has 1 N–H and O–H groups in total. The van der Waals surface area contributed by atoms with Gasteiger partial charge < -0.3 is 14.8 Å². The van der Waals surface area contributed by atoms with Gasteiger partial charge in [-0.25, -0.2) is 5.01 Å². The Morgan fingerprint density at radius 1 is 1.17 bits per heavy atom. The molecule has 1 heterocycles. The Hall–Kier alpha value is -2.71. The summed E-state index contributed by atoms with van der Waals surface area (Å²) in [7, 11) is 0. The van der Waals surface area contributed by atoms with Crippen LogP contribution in [0.25, 0.3) is 0 Å². The minimum atomic E-state index is -0.430. The van der Waals surface area contributed by atoms with Crippen molar-refractivity contribution in [2.24, 2.45) is 5.10 Å². The number of carbonyl (C=O) groups is 2. The number of rotatable bonds is 6. The summed E-state index contributed by atoms with van der Waals surface area (Å²) in [4.78, 5) is 23.4. The zero-order valence-corrected chi connectivity index (χ0v) is 18.4. The minimum Gasteiger partial charge on any atom is -0.490 e. The molecule has 0 bridgehead atoms. The predicted molar refractivity (Wildman–Crippen MR) is 118 cm³/mol. The lowest BCUT2D eigenvalue weighted by atomic mass is 10.2. The lowest BCUT2D eigenvalue weighted by Crippen LogP contribution is -2.25. The summed E-state index contributed by atoms with van der Waals surface area (Å²) in [5.74, 6) is 0.862. The highest BCUT2D eigenvalue weighted by Gasteiger charge is 2.34. The van der Waals surface area contributed by atoms with E-state index in [9.17, 15) is 9.59 Å². The summed E-state index contributed by atoms with van der Waals surface area (Å²) in [5.41, 5.74) is 1.72. The molecule has 0 aromatic heterocycles. The Morgan fingerprint density at radius 3 is 2.60 bits per heavy atom. The molecule has 2 aromatic carbocycles. The molecule has 0 saturated heterocycles. The van der Waals surface area contributed by atoms with Gasteiger partial charge in [-0.15, -0.1) is 5.10 Å². The molecule has 2 amide bonds. The number of aryl methyl sites for hydroxylation is 1. The van der Waals surface area contributed by atoms with Gasteiger partial charge in [0.05, 0.1) is 0 Å². The highest BCUT2D eigenvalue weighted by atomic mass is 35.5. The molecule has 1 aliphatic rings. The van der Waals surface area contributed by atoms with Gasteiger partial charge in [-0.1, -0.05) is 41.6 Å². The van der Waals surface area contributed by atoms with E-state index in [1.165, 1.54) is 30.6 Å². The maximum absolute atomic E-state index is 12.1. The molecule has 0 spiro atoms. The second-order valence-electron chi connectivity index (χ2n) is 6.57. The average molecular weight is 448 g/mol. The van der Waals surface area contributed by atoms with Crippen LogP contribution in [0.5, 0.6) is 11.5 Å². The lowest BCUT2D eigenvalue weighted by molar-refractivity contribution is -0.129. The van der Waals surface area contributed by atoms with Gasteiger partial charge in [0.25, 0.3) is 0 Å². The molecule has 7 nitrogen and oxygen atoms in total. The molecule has 158 valence electrons. The summed E-state index contributed by atoms with van der Waals surface area (Å²) in [6.45, 7) is 5.40. The maximum atomic E-state index is 12.1. The van der Waals surface area contributed by atoms with E-state index < -0.39 is 5.37 Å². The summed E-state index contributed by atoms with van der Waals surface area (Å²) < 4.78 is 11.7. The molecule has 30 heavy (non-hydrogen) atoms. The summed E-state index contributed by atoms with van der Waals surface area (Å²) in [5, 5.41) is 8.83. The SMILES string of the molecule is CC(=O)NC1=NN(C(C)=O)C(c2ccccc2OCCOc2ccc(Cl)c(C)c2)S1. The van der Waals surface area contributed by atoms with Crippen molar-refractivity contribution in [1.82, 2.24) is 10.3 Å². The molecule has 0 saturated carbocycles. The highest BCUT2D eigenvalue weighted by Crippen LogP contribution is 2.42. The molecule has 2 aromatic rings. The van der Waals surface area contributed by atoms with Gasteiger partial charge in [-0.2, -0.15) is 0 Å². The van der Waals surface area contributed by atoms with E-state index in [1.807, 2.05) is 43.3 Å². The van der Waals surface area contributed by atoms with Crippen molar-refractivity contribution in [3.05, 3.63) is 58.6 Å². The third-order valence-corrected chi connectivity index (χ3v) is 5.68. The van der Waals surface area contributed by atoms with Gasteiger partial charge in [-0.05, 0) is 36.8 Å². The number of nitrogens with one attached hydrogen (secondary N) is 1. The molecular weight excluding hydrogens is 426 g/mol. The first-order valence-electron chi connectivity index (χ1n) is 9.28. The number of halogens is 1. The quantitative estimate of drug-likeness (QED) is 0.674. The second kappa shape index (κ2) is 9.86. The monoisotopic (exact) mass is 447 g/mol. The normalized spacial score (nSPS) is 15.5. The Kier molecular flexibility index (Phi) is 7.23. The van der Waals surface area contributed by atoms with Crippen LogP contribution >= 0.6 is 23.4 Å². The summed E-state index contributed by atoms with van der Waals surface area (Å²) in [6, 6.07) is 12.9.